The van der Waals surface area contributed by atoms with Crippen molar-refractivity contribution in [1.82, 2.24) is 15.5 Å². The summed E-state index contributed by atoms with van der Waals surface area (Å²) in [5.41, 5.74) is 0.483. The zero-order valence-corrected chi connectivity index (χ0v) is 23.6. The predicted molar refractivity (Wildman–Crippen MR) is 145 cm³/mol. The van der Waals surface area contributed by atoms with Crippen LogP contribution in [-0.4, -0.2) is 52.3 Å². The van der Waals surface area contributed by atoms with E-state index >= 15 is 0 Å². The molecule has 1 aromatic rings. The average Bonchev–Trinajstić information content (AvgIpc) is 2.79. The normalized spacial score (nSPS) is 13.5. The minimum absolute atomic E-state index is 0.0628. The van der Waals surface area contributed by atoms with Gasteiger partial charge < -0.3 is 20.3 Å². The lowest BCUT2D eigenvalue weighted by Crippen LogP contribution is -2.60. The monoisotopic (exact) mass is 507 g/mol. The van der Waals surface area contributed by atoms with Crippen LogP contribution in [0.2, 0.25) is 0 Å². The maximum absolute atomic E-state index is 14.0. The molecule has 3 amide bonds. The Bertz CT molecular complexity index is 834. The van der Waals surface area contributed by atoms with Crippen LogP contribution < -0.4 is 10.6 Å². The molecular formula is C27H45N3O4S. The van der Waals surface area contributed by atoms with Gasteiger partial charge in [0.05, 0.1) is 0 Å². The van der Waals surface area contributed by atoms with Gasteiger partial charge in [-0.15, -0.1) is 0 Å². The molecule has 0 aliphatic heterocycles. The minimum atomic E-state index is -0.958. The molecule has 0 aliphatic rings. The van der Waals surface area contributed by atoms with E-state index in [-0.39, 0.29) is 17.6 Å². The van der Waals surface area contributed by atoms with Crippen LogP contribution in [0.15, 0.2) is 24.3 Å². The first-order valence-corrected chi connectivity index (χ1v) is 13.2. The second kappa shape index (κ2) is 13.8. The molecule has 0 aromatic heterocycles. The molecule has 8 heteroatoms. The van der Waals surface area contributed by atoms with Crippen LogP contribution in [0.1, 0.15) is 91.8 Å². The van der Waals surface area contributed by atoms with Crippen molar-refractivity contribution in [1.29, 1.82) is 0 Å². The number of hydrogen-bond acceptors (Lipinski definition) is 5. The SMILES string of the molecule is CCCCNC(=O)C(c1ccc(CC)cc1)N(C(=O)C(CS)NC(=O)OC(C)(C)C)C(C)(C)CC. The molecule has 1 aromatic carbocycles. The molecule has 0 radical (unpaired) electrons. The zero-order valence-electron chi connectivity index (χ0n) is 22.7. The molecule has 0 saturated carbocycles. The van der Waals surface area contributed by atoms with Gasteiger partial charge in [-0.05, 0) is 65.0 Å². The highest BCUT2D eigenvalue weighted by molar-refractivity contribution is 7.80. The van der Waals surface area contributed by atoms with Crippen LogP contribution in [0.3, 0.4) is 0 Å². The van der Waals surface area contributed by atoms with Crippen molar-refractivity contribution in [3.63, 3.8) is 0 Å². The molecule has 0 saturated heterocycles. The standard InChI is InChI=1S/C27H45N3O4S/c1-9-12-17-28-23(31)22(20-15-13-19(10-2)14-16-20)30(27(7,8)11-3)24(32)21(18-35)29-25(33)34-26(4,5)6/h13-16,21-22,35H,9-12,17-18H2,1-8H3,(H,28,31)(H,29,33). The molecule has 2 unspecified atom stereocenters. The molecule has 2 N–H and O–H groups in total. The van der Waals surface area contributed by atoms with Crippen LogP contribution in [0.5, 0.6) is 0 Å². The van der Waals surface area contributed by atoms with E-state index in [1.54, 1.807) is 25.7 Å². The molecule has 7 nitrogen and oxygen atoms in total. The van der Waals surface area contributed by atoms with Gasteiger partial charge in [0, 0.05) is 17.8 Å². The van der Waals surface area contributed by atoms with Crippen molar-refractivity contribution in [3.05, 3.63) is 35.4 Å². The van der Waals surface area contributed by atoms with Crippen molar-refractivity contribution in [2.24, 2.45) is 0 Å². The van der Waals surface area contributed by atoms with Crippen molar-refractivity contribution >= 4 is 30.5 Å². The third-order valence-corrected chi connectivity index (χ3v) is 6.33. The number of carbonyl (C=O) groups excluding carboxylic acids is 3. The Labute approximate surface area is 217 Å². The number of aryl methyl sites for hydroxylation is 1. The van der Waals surface area contributed by atoms with Crippen LogP contribution in [-0.2, 0) is 20.7 Å². The molecular weight excluding hydrogens is 462 g/mol. The van der Waals surface area contributed by atoms with Gasteiger partial charge in [0.1, 0.15) is 17.7 Å². The first kappa shape index (κ1) is 30.8. The van der Waals surface area contributed by atoms with Crippen molar-refractivity contribution in [3.8, 4) is 0 Å². The number of carbonyl (C=O) groups is 3. The maximum Gasteiger partial charge on any atom is 0.408 e. The summed E-state index contributed by atoms with van der Waals surface area (Å²) in [7, 11) is 0. The van der Waals surface area contributed by atoms with Gasteiger partial charge >= 0.3 is 6.09 Å². The van der Waals surface area contributed by atoms with Gasteiger partial charge in [-0.25, -0.2) is 4.79 Å². The van der Waals surface area contributed by atoms with Crippen LogP contribution in [0.4, 0.5) is 4.79 Å². The van der Waals surface area contributed by atoms with Gasteiger partial charge in [-0.2, -0.15) is 12.6 Å². The number of nitrogens with zero attached hydrogens (tertiary/aromatic N) is 1. The minimum Gasteiger partial charge on any atom is -0.444 e. The summed E-state index contributed by atoms with van der Waals surface area (Å²) in [4.78, 5) is 41.6. The van der Waals surface area contributed by atoms with Gasteiger partial charge in [0.15, 0.2) is 0 Å². The number of alkyl carbamates (subject to hydrolysis) is 1. The summed E-state index contributed by atoms with van der Waals surface area (Å²) in [6.07, 6.45) is 2.57. The Balaban J connectivity index is 3.49. The Morgan fingerprint density at radius 3 is 2.09 bits per heavy atom. The molecule has 1 rings (SSSR count). The van der Waals surface area contributed by atoms with E-state index in [1.807, 2.05) is 45.0 Å². The molecule has 35 heavy (non-hydrogen) atoms. The highest BCUT2D eigenvalue weighted by Gasteiger charge is 2.42. The van der Waals surface area contributed by atoms with Crippen LogP contribution in [0, 0.1) is 0 Å². The van der Waals surface area contributed by atoms with Gasteiger partial charge in [0.25, 0.3) is 0 Å². The summed E-state index contributed by atoms with van der Waals surface area (Å²) in [5.74, 6) is -0.562. The number of unbranched alkanes of at least 4 members (excludes halogenated alkanes) is 1. The maximum atomic E-state index is 14.0. The number of benzene rings is 1. The quantitative estimate of drug-likeness (QED) is 0.273. The molecule has 0 fully saturated rings. The Hall–Kier alpha value is -2.22. The Morgan fingerprint density at radius 2 is 1.63 bits per heavy atom. The van der Waals surface area contributed by atoms with Crippen molar-refractivity contribution < 1.29 is 19.1 Å². The molecule has 2 atom stereocenters. The smallest absolute Gasteiger partial charge is 0.408 e. The summed E-state index contributed by atoms with van der Waals surface area (Å²) in [5, 5.41) is 5.66. The van der Waals surface area contributed by atoms with Crippen molar-refractivity contribution in [2.45, 2.75) is 104 Å². The van der Waals surface area contributed by atoms with E-state index in [4.69, 9.17) is 4.74 Å². The highest BCUT2D eigenvalue weighted by Crippen LogP contribution is 2.32. The summed E-state index contributed by atoms with van der Waals surface area (Å²) in [6.45, 7) is 15.8. The van der Waals surface area contributed by atoms with E-state index < -0.39 is 29.3 Å². The van der Waals surface area contributed by atoms with E-state index in [0.29, 0.717) is 13.0 Å². The second-order valence-corrected chi connectivity index (χ2v) is 10.8. The number of rotatable bonds is 12. The average molecular weight is 508 g/mol. The third-order valence-electron chi connectivity index (χ3n) is 5.97. The van der Waals surface area contributed by atoms with E-state index in [9.17, 15) is 14.4 Å². The lowest BCUT2D eigenvalue weighted by Gasteiger charge is -2.44. The number of thiol groups is 1. The Morgan fingerprint density at radius 1 is 1.03 bits per heavy atom. The Kier molecular flexibility index (Phi) is 12.1. The summed E-state index contributed by atoms with van der Waals surface area (Å²) >= 11 is 4.34. The first-order chi connectivity index (χ1) is 16.3. The van der Waals surface area contributed by atoms with Gasteiger partial charge in [-0.3, -0.25) is 9.59 Å². The fraction of sp³-hybridized carbons (Fsp3) is 0.667. The second-order valence-electron chi connectivity index (χ2n) is 10.4. The topological polar surface area (TPSA) is 87.7 Å². The molecule has 0 heterocycles. The molecule has 198 valence electrons. The molecule has 0 spiro atoms. The first-order valence-electron chi connectivity index (χ1n) is 12.6. The largest absolute Gasteiger partial charge is 0.444 e. The lowest BCUT2D eigenvalue weighted by atomic mass is 9.91. The van der Waals surface area contributed by atoms with E-state index in [1.165, 1.54) is 0 Å². The third kappa shape index (κ3) is 9.39. The van der Waals surface area contributed by atoms with E-state index in [2.05, 4.69) is 37.1 Å². The van der Waals surface area contributed by atoms with Gasteiger partial charge in [0.2, 0.25) is 11.8 Å². The fourth-order valence-corrected chi connectivity index (χ4v) is 3.83. The molecule has 0 bridgehead atoms. The van der Waals surface area contributed by atoms with Crippen LogP contribution >= 0.6 is 12.6 Å². The number of hydrogen-bond donors (Lipinski definition) is 3. The summed E-state index contributed by atoms with van der Waals surface area (Å²) < 4.78 is 5.36. The van der Waals surface area contributed by atoms with E-state index in [0.717, 1.165) is 30.4 Å². The lowest BCUT2D eigenvalue weighted by molar-refractivity contribution is -0.148. The number of amides is 3. The zero-order chi connectivity index (χ0) is 26.8. The highest BCUT2D eigenvalue weighted by atomic mass is 32.1. The fourth-order valence-electron chi connectivity index (χ4n) is 3.59. The van der Waals surface area contributed by atoms with Crippen LogP contribution in [0.25, 0.3) is 0 Å². The number of nitrogens with one attached hydrogen (secondary N) is 2. The summed E-state index contributed by atoms with van der Waals surface area (Å²) in [6, 6.07) is 5.97. The predicted octanol–water partition coefficient (Wildman–Crippen LogP) is 5.05. The van der Waals surface area contributed by atoms with Crippen molar-refractivity contribution in [2.75, 3.05) is 12.3 Å². The van der Waals surface area contributed by atoms with Gasteiger partial charge in [-0.1, -0.05) is 51.5 Å². The molecule has 0 aliphatic carbocycles. The number of ether oxygens (including phenoxy) is 1.